The predicted molar refractivity (Wildman–Crippen MR) is 314 cm³/mol. The number of aliphatic imine (C=N–C) groups is 1. The van der Waals surface area contributed by atoms with Gasteiger partial charge in [-0.1, -0.05) is 117 Å². The van der Waals surface area contributed by atoms with Gasteiger partial charge in [0.25, 0.3) is 0 Å². The van der Waals surface area contributed by atoms with E-state index in [4.69, 9.17) is 22.9 Å². The first-order chi connectivity index (χ1) is 40.8. The van der Waals surface area contributed by atoms with Gasteiger partial charge in [-0.05, 0) is 66.5 Å². The number of carboxylic acid groups (broad SMARTS) is 2. The highest BCUT2D eigenvalue weighted by Crippen LogP contribution is 2.15. The van der Waals surface area contributed by atoms with Crippen LogP contribution in [0.15, 0.2) is 120 Å². The zero-order valence-corrected chi connectivity index (χ0v) is 47.9. The van der Waals surface area contributed by atoms with Gasteiger partial charge in [-0.2, -0.15) is 0 Å². The average molecular weight is 1190 g/mol. The van der Waals surface area contributed by atoms with Crippen molar-refractivity contribution in [1.82, 2.24) is 42.5 Å². The molecule has 27 nitrogen and oxygen atoms in total. The van der Waals surface area contributed by atoms with Crippen molar-refractivity contribution in [2.24, 2.45) is 33.8 Å². The van der Waals surface area contributed by atoms with Crippen molar-refractivity contribution in [3.05, 3.63) is 138 Å². The number of amides is 9. The van der Waals surface area contributed by atoms with E-state index >= 15 is 0 Å². The first-order valence-electron chi connectivity index (χ1n) is 27.6. The number of hydrogen-bond donors (Lipinski definition) is 15. The first kappa shape index (κ1) is 68.6. The molecule has 462 valence electrons. The van der Waals surface area contributed by atoms with E-state index in [2.05, 4.69) is 47.5 Å². The largest absolute Gasteiger partial charge is 0.508 e. The van der Waals surface area contributed by atoms with E-state index in [9.17, 15) is 68.1 Å². The predicted octanol–water partition coefficient (Wildman–Crippen LogP) is -1.58. The number of carbonyl (C=O) groups excluding carboxylic acids is 9. The zero-order valence-electron chi connectivity index (χ0n) is 47.9. The molecule has 0 aliphatic carbocycles. The Hall–Kier alpha value is -9.92. The minimum atomic E-state index is -1.97. The second-order valence-electron chi connectivity index (χ2n) is 20.9. The summed E-state index contributed by atoms with van der Waals surface area (Å²) < 4.78 is 0. The molecular weight excluding hydrogens is 1110 g/mol. The monoisotopic (exact) mass is 1190 g/mol. The smallest absolute Gasteiger partial charge is 0.326 e. The Morgan fingerprint density at radius 2 is 0.756 bits per heavy atom. The summed E-state index contributed by atoms with van der Waals surface area (Å²) in [6.07, 6.45) is -2.75. The second kappa shape index (κ2) is 34.6. The van der Waals surface area contributed by atoms with Crippen LogP contribution in [0.2, 0.25) is 0 Å². The number of carboxylic acids is 2. The van der Waals surface area contributed by atoms with Crippen molar-refractivity contribution in [3.8, 4) is 5.75 Å². The van der Waals surface area contributed by atoms with E-state index in [1.165, 1.54) is 31.2 Å². The summed E-state index contributed by atoms with van der Waals surface area (Å²) >= 11 is 0. The van der Waals surface area contributed by atoms with Gasteiger partial charge in [-0.3, -0.25) is 52.9 Å². The van der Waals surface area contributed by atoms with E-state index in [0.717, 1.165) is 0 Å². The van der Waals surface area contributed by atoms with Gasteiger partial charge in [0.05, 0.1) is 18.9 Å². The lowest BCUT2D eigenvalue weighted by Crippen LogP contribution is -2.61. The van der Waals surface area contributed by atoms with Crippen molar-refractivity contribution in [1.29, 1.82) is 0 Å². The van der Waals surface area contributed by atoms with Crippen LogP contribution in [0, 0.1) is 5.92 Å². The van der Waals surface area contributed by atoms with Crippen molar-refractivity contribution in [2.75, 3.05) is 6.54 Å². The highest BCUT2D eigenvalue weighted by atomic mass is 16.4. The topological polar surface area (TPSA) is 461 Å². The van der Waals surface area contributed by atoms with Gasteiger partial charge >= 0.3 is 11.9 Å². The maximum atomic E-state index is 14.6. The van der Waals surface area contributed by atoms with Crippen LogP contribution in [0.4, 0.5) is 0 Å². The first-order valence-corrected chi connectivity index (χ1v) is 27.6. The van der Waals surface area contributed by atoms with Crippen molar-refractivity contribution in [3.63, 3.8) is 0 Å². The Kier molecular flexibility index (Phi) is 27.6. The fourth-order valence-corrected chi connectivity index (χ4v) is 8.72. The summed E-state index contributed by atoms with van der Waals surface area (Å²) in [5.74, 6) is -12.5. The number of benzene rings is 4. The van der Waals surface area contributed by atoms with Gasteiger partial charge in [0.1, 0.15) is 54.1 Å². The fourth-order valence-electron chi connectivity index (χ4n) is 8.72. The molecule has 9 atom stereocenters. The van der Waals surface area contributed by atoms with Crippen LogP contribution < -0.4 is 65.5 Å². The molecule has 0 aliphatic rings. The van der Waals surface area contributed by atoms with Gasteiger partial charge in [0, 0.05) is 32.2 Å². The van der Waals surface area contributed by atoms with E-state index in [-0.39, 0.29) is 62.7 Å². The number of nitrogens with zero attached hydrogens (tertiary/aromatic N) is 1. The third-order valence-electron chi connectivity index (χ3n) is 13.1. The van der Waals surface area contributed by atoms with Crippen LogP contribution in [-0.2, 0) is 78.4 Å². The number of aromatic hydroxyl groups is 1. The minimum absolute atomic E-state index is 0.0345. The molecule has 0 saturated carbocycles. The molecule has 0 spiro atoms. The Morgan fingerprint density at radius 3 is 1.09 bits per heavy atom. The van der Waals surface area contributed by atoms with Crippen molar-refractivity contribution in [2.45, 2.75) is 133 Å². The number of nitrogens with one attached hydrogen (secondary N) is 8. The van der Waals surface area contributed by atoms with E-state index < -0.39 is 139 Å². The fraction of sp³-hybridized carbons (Fsp3) is 0.390. The number of phenolic OH excluding ortho intramolecular Hbond substituents is 1. The Labute approximate surface area is 496 Å². The molecule has 0 radical (unpaired) electrons. The molecule has 0 bridgehead atoms. The molecule has 9 amide bonds. The number of guanidine groups is 1. The van der Waals surface area contributed by atoms with Gasteiger partial charge in [0.15, 0.2) is 5.96 Å². The molecule has 0 aromatic heterocycles. The van der Waals surface area contributed by atoms with Crippen molar-refractivity contribution >= 4 is 71.1 Å². The average Bonchev–Trinajstić information content (AvgIpc) is 3.47. The molecule has 0 heterocycles. The summed E-state index contributed by atoms with van der Waals surface area (Å²) in [4.78, 5) is 154. The number of hydrogen-bond acceptors (Lipinski definition) is 14. The lowest BCUT2D eigenvalue weighted by atomic mass is 10.00. The molecule has 4 aromatic rings. The standard InChI is InChI=1S/C59H77N13O14/c1-33(2)26-47(58(85)86)72-55(82)43(29-37-18-11-6-12-19-37)67-52(79)42(28-36-16-9-5-10-17-36)68-56(83)45(31-48(61)74)70-53(80)44(30-38-21-23-39(73)24-22-38)69-57(84)46(32-49(75)76)71-54(81)41(27-35-14-7-4-8-15-35)66-51(78)40(65-50(77)34(3)60)20-13-25-64-59(62)63/h4-12,14-19,21-24,33-34,40-47,73H,13,20,25-32,60H2,1-3H3,(H2,61,74)(H,65,77)(H,66,78)(H,67,79)(H,68,83)(H,69,84)(H,70,80)(H,71,81)(H,72,82)(H,75,76)(H,85,86)(H4,62,63,64)/t34-,40-,41-,42-,43-,44-,45-,46-,47-/m0/s1. The lowest BCUT2D eigenvalue weighted by molar-refractivity contribution is -0.143. The highest BCUT2D eigenvalue weighted by Gasteiger charge is 2.36. The summed E-state index contributed by atoms with van der Waals surface area (Å²) in [6, 6.07) is 16.6. The number of nitrogens with two attached hydrogens (primary N) is 4. The van der Waals surface area contributed by atoms with Gasteiger partial charge < -0.3 is 80.8 Å². The molecule has 0 aliphatic heterocycles. The van der Waals surface area contributed by atoms with E-state index in [0.29, 0.717) is 22.3 Å². The number of carbonyl (C=O) groups is 11. The van der Waals surface area contributed by atoms with E-state index in [1.54, 1.807) is 105 Å². The highest BCUT2D eigenvalue weighted by molar-refractivity contribution is 6.00. The molecule has 0 unspecified atom stereocenters. The Morgan fingerprint density at radius 1 is 0.430 bits per heavy atom. The molecule has 0 saturated heterocycles. The normalized spacial score (nSPS) is 14.1. The molecule has 19 N–H and O–H groups in total. The van der Waals surface area contributed by atoms with Crippen LogP contribution in [0.3, 0.4) is 0 Å². The van der Waals surface area contributed by atoms with Gasteiger partial charge in [-0.15, -0.1) is 0 Å². The molecule has 0 fully saturated rings. The Balaban J connectivity index is 1.68. The third-order valence-corrected chi connectivity index (χ3v) is 13.1. The maximum absolute atomic E-state index is 14.6. The number of phenols is 1. The molecule has 27 heteroatoms. The number of rotatable bonds is 35. The number of primary amides is 1. The number of aliphatic carboxylic acids is 2. The molecule has 4 aromatic carbocycles. The summed E-state index contributed by atoms with van der Waals surface area (Å²) in [5, 5.41) is 50.1. The summed E-state index contributed by atoms with van der Waals surface area (Å²) in [5.41, 5.74) is 24.2. The van der Waals surface area contributed by atoms with E-state index in [1.807, 2.05) is 0 Å². The van der Waals surface area contributed by atoms with Crippen LogP contribution in [0.5, 0.6) is 5.75 Å². The third kappa shape index (κ3) is 24.5. The molecule has 4 rings (SSSR count). The lowest BCUT2D eigenvalue weighted by Gasteiger charge is -2.28. The van der Waals surface area contributed by atoms with Crippen molar-refractivity contribution < 1.29 is 68.1 Å². The second-order valence-corrected chi connectivity index (χ2v) is 20.9. The molecule has 86 heavy (non-hydrogen) atoms. The van der Waals surface area contributed by atoms with Crippen LogP contribution in [0.1, 0.15) is 75.1 Å². The molecular formula is C59H77N13O14. The van der Waals surface area contributed by atoms with Crippen LogP contribution in [-0.4, -0.2) is 147 Å². The maximum Gasteiger partial charge on any atom is 0.326 e. The summed E-state index contributed by atoms with van der Waals surface area (Å²) in [6.45, 7) is 4.99. The SMILES string of the molecule is CC(C)C[C@H](NC(=O)[C@H](Cc1ccccc1)NC(=O)[C@H](Cc1ccccc1)NC(=O)[C@H](CC(N)=O)NC(=O)[C@H](Cc1ccc(O)cc1)NC(=O)[C@H](CC(=O)O)NC(=O)[C@H](Cc1ccccc1)NC(=O)[C@H](CCCN=C(N)N)NC(=O)[C@H](C)N)C(=O)O. The minimum Gasteiger partial charge on any atom is -0.508 e. The Bertz CT molecular complexity index is 2980. The van der Waals surface area contributed by atoms with Crippen LogP contribution in [0.25, 0.3) is 0 Å². The zero-order chi connectivity index (χ0) is 63.5. The van der Waals surface area contributed by atoms with Gasteiger partial charge in [0.2, 0.25) is 53.2 Å². The quantitative estimate of drug-likeness (QED) is 0.0140. The van der Waals surface area contributed by atoms with Gasteiger partial charge in [-0.25, -0.2) is 4.79 Å². The summed E-state index contributed by atoms with van der Waals surface area (Å²) in [7, 11) is 0. The van der Waals surface area contributed by atoms with Crippen LogP contribution >= 0.6 is 0 Å².